The highest BCUT2D eigenvalue weighted by atomic mass is 16.5. The standard InChI is InChI=1S/C16H23N3O/c1-16(2,3)15-18-13(14(17)19(15)4)12-9-7-6-8-11(12)10-20-5/h6-9H,10,17H2,1-5H3. The Morgan fingerprint density at radius 1 is 1.25 bits per heavy atom. The molecule has 0 unspecified atom stereocenters. The van der Waals surface area contributed by atoms with Crippen LogP contribution in [0.2, 0.25) is 0 Å². The van der Waals surface area contributed by atoms with Gasteiger partial charge in [-0.3, -0.25) is 0 Å². The van der Waals surface area contributed by atoms with Gasteiger partial charge in [0, 0.05) is 25.1 Å². The Morgan fingerprint density at radius 2 is 1.90 bits per heavy atom. The topological polar surface area (TPSA) is 53.1 Å². The lowest BCUT2D eigenvalue weighted by atomic mass is 9.96. The third kappa shape index (κ3) is 2.56. The van der Waals surface area contributed by atoms with Crippen molar-refractivity contribution in [1.82, 2.24) is 9.55 Å². The van der Waals surface area contributed by atoms with E-state index in [4.69, 9.17) is 15.5 Å². The molecule has 0 aliphatic heterocycles. The molecule has 0 radical (unpaired) electrons. The summed E-state index contributed by atoms with van der Waals surface area (Å²) in [6, 6.07) is 8.09. The summed E-state index contributed by atoms with van der Waals surface area (Å²) in [5.41, 5.74) is 9.19. The fourth-order valence-electron chi connectivity index (χ4n) is 2.41. The van der Waals surface area contributed by atoms with Crippen molar-refractivity contribution in [2.45, 2.75) is 32.8 Å². The predicted octanol–water partition coefficient (Wildman–Crippen LogP) is 3.11. The molecule has 2 rings (SSSR count). The third-order valence-electron chi connectivity index (χ3n) is 3.38. The maximum absolute atomic E-state index is 6.26. The molecule has 1 aromatic heterocycles. The van der Waals surface area contributed by atoms with Crippen molar-refractivity contribution >= 4 is 5.82 Å². The zero-order valence-corrected chi connectivity index (χ0v) is 12.9. The summed E-state index contributed by atoms with van der Waals surface area (Å²) in [5.74, 6) is 1.68. The quantitative estimate of drug-likeness (QED) is 0.934. The molecule has 0 fully saturated rings. The number of benzene rings is 1. The number of nitrogens with zero attached hydrogens (tertiary/aromatic N) is 2. The Morgan fingerprint density at radius 3 is 2.45 bits per heavy atom. The van der Waals surface area contributed by atoms with E-state index in [-0.39, 0.29) is 5.41 Å². The van der Waals surface area contributed by atoms with Crippen molar-refractivity contribution in [2.75, 3.05) is 12.8 Å². The SMILES string of the molecule is COCc1ccccc1-c1nc(C(C)(C)C)n(C)c1N. The van der Waals surface area contributed by atoms with Crippen LogP contribution < -0.4 is 5.73 Å². The second-order valence-corrected chi connectivity index (χ2v) is 6.07. The van der Waals surface area contributed by atoms with Crippen molar-refractivity contribution in [2.24, 2.45) is 7.05 Å². The number of rotatable bonds is 3. The van der Waals surface area contributed by atoms with Gasteiger partial charge in [-0.2, -0.15) is 0 Å². The van der Waals surface area contributed by atoms with E-state index < -0.39 is 0 Å². The van der Waals surface area contributed by atoms with Crippen molar-refractivity contribution in [3.63, 3.8) is 0 Å². The molecule has 1 aromatic carbocycles. The van der Waals surface area contributed by atoms with Crippen LogP contribution >= 0.6 is 0 Å². The summed E-state index contributed by atoms with van der Waals surface area (Å²) in [6.07, 6.45) is 0. The van der Waals surface area contributed by atoms with Crippen LogP contribution in [0.4, 0.5) is 5.82 Å². The van der Waals surface area contributed by atoms with Gasteiger partial charge < -0.3 is 15.0 Å². The van der Waals surface area contributed by atoms with Crippen LogP contribution in [0.1, 0.15) is 32.2 Å². The average molecular weight is 273 g/mol. The van der Waals surface area contributed by atoms with E-state index in [1.807, 2.05) is 35.9 Å². The number of anilines is 1. The smallest absolute Gasteiger partial charge is 0.131 e. The van der Waals surface area contributed by atoms with Crippen molar-refractivity contribution < 1.29 is 4.74 Å². The normalized spacial score (nSPS) is 11.8. The Kier molecular flexibility index (Phi) is 3.86. The minimum absolute atomic E-state index is 0.0443. The van der Waals surface area contributed by atoms with Crippen LogP contribution in [0.3, 0.4) is 0 Å². The number of hydrogen-bond donors (Lipinski definition) is 1. The average Bonchev–Trinajstić information content (AvgIpc) is 2.67. The number of nitrogens with two attached hydrogens (primary N) is 1. The van der Waals surface area contributed by atoms with E-state index >= 15 is 0 Å². The number of aromatic nitrogens is 2. The van der Waals surface area contributed by atoms with Gasteiger partial charge in [-0.05, 0) is 5.56 Å². The van der Waals surface area contributed by atoms with Gasteiger partial charge in [0.25, 0.3) is 0 Å². The second-order valence-electron chi connectivity index (χ2n) is 6.07. The molecule has 0 spiro atoms. The lowest BCUT2D eigenvalue weighted by molar-refractivity contribution is 0.185. The van der Waals surface area contributed by atoms with Crippen LogP contribution in [-0.2, 0) is 23.8 Å². The number of methoxy groups -OCH3 is 1. The number of imidazole rings is 1. The first-order valence-corrected chi connectivity index (χ1v) is 6.76. The number of nitrogen functional groups attached to an aromatic ring is 1. The molecule has 20 heavy (non-hydrogen) atoms. The van der Waals surface area contributed by atoms with E-state index in [9.17, 15) is 0 Å². The first-order chi connectivity index (χ1) is 9.36. The minimum Gasteiger partial charge on any atom is -0.383 e. The van der Waals surface area contributed by atoms with Gasteiger partial charge in [-0.25, -0.2) is 4.98 Å². The van der Waals surface area contributed by atoms with Crippen LogP contribution in [0.15, 0.2) is 24.3 Å². The van der Waals surface area contributed by atoms with Crippen LogP contribution in [0.25, 0.3) is 11.3 Å². The van der Waals surface area contributed by atoms with Crippen LogP contribution in [0, 0.1) is 0 Å². The summed E-state index contributed by atoms with van der Waals surface area (Å²) in [5, 5.41) is 0. The highest BCUT2D eigenvalue weighted by Gasteiger charge is 2.24. The molecule has 108 valence electrons. The van der Waals surface area contributed by atoms with Gasteiger partial charge in [-0.15, -0.1) is 0 Å². The highest BCUT2D eigenvalue weighted by molar-refractivity contribution is 5.74. The zero-order valence-electron chi connectivity index (χ0n) is 12.9. The van der Waals surface area contributed by atoms with Gasteiger partial charge >= 0.3 is 0 Å². The fourth-order valence-corrected chi connectivity index (χ4v) is 2.41. The summed E-state index contributed by atoms with van der Waals surface area (Å²) in [7, 11) is 3.66. The van der Waals surface area contributed by atoms with Gasteiger partial charge in [0.1, 0.15) is 17.3 Å². The highest BCUT2D eigenvalue weighted by Crippen LogP contribution is 2.32. The van der Waals surface area contributed by atoms with E-state index in [2.05, 4.69) is 20.8 Å². The molecule has 0 atom stereocenters. The van der Waals surface area contributed by atoms with Crippen molar-refractivity contribution in [1.29, 1.82) is 0 Å². The molecular formula is C16H23N3O. The molecule has 4 heteroatoms. The minimum atomic E-state index is -0.0443. The molecule has 0 bridgehead atoms. The number of hydrogen-bond acceptors (Lipinski definition) is 3. The Bertz CT molecular complexity index is 609. The maximum Gasteiger partial charge on any atom is 0.131 e. The van der Waals surface area contributed by atoms with E-state index in [0.717, 1.165) is 22.6 Å². The van der Waals surface area contributed by atoms with E-state index in [1.54, 1.807) is 7.11 Å². The summed E-state index contributed by atoms with van der Waals surface area (Å²) < 4.78 is 7.23. The molecule has 4 nitrogen and oxygen atoms in total. The Labute approximate surface area is 120 Å². The van der Waals surface area contributed by atoms with E-state index in [0.29, 0.717) is 12.4 Å². The van der Waals surface area contributed by atoms with Gasteiger partial charge in [0.05, 0.1) is 6.61 Å². The fraction of sp³-hybridized carbons (Fsp3) is 0.438. The lowest BCUT2D eigenvalue weighted by Gasteiger charge is -2.17. The molecule has 0 saturated carbocycles. The predicted molar refractivity (Wildman–Crippen MR) is 82.5 cm³/mol. The summed E-state index contributed by atoms with van der Waals surface area (Å²) in [4.78, 5) is 4.78. The Hall–Kier alpha value is -1.81. The lowest BCUT2D eigenvalue weighted by Crippen LogP contribution is -2.17. The zero-order chi connectivity index (χ0) is 14.9. The van der Waals surface area contributed by atoms with Crippen LogP contribution in [0.5, 0.6) is 0 Å². The molecule has 0 saturated heterocycles. The van der Waals surface area contributed by atoms with Gasteiger partial charge in [0.15, 0.2) is 0 Å². The first-order valence-electron chi connectivity index (χ1n) is 6.76. The van der Waals surface area contributed by atoms with Gasteiger partial charge in [0.2, 0.25) is 0 Å². The van der Waals surface area contributed by atoms with Gasteiger partial charge in [-0.1, -0.05) is 45.0 Å². The third-order valence-corrected chi connectivity index (χ3v) is 3.38. The maximum atomic E-state index is 6.26. The summed E-state index contributed by atoms with van der Waals surface area (Å²) >= 11 is 0. The van der Waals surface area contributed by atoms with Crippen molar-refractivity contribution in [3.05, 3.63) is 35.7 Å². The molecular weight excluding hydrogens is 250 g/mol. The monoisotopic (exact) mass is 273 g/mol. The van der Waals surface area contributed by atoms with Crippen LogP contribution in [-0.4, -0.2) is 16.7 Å². The largest absolute Gasteiger partial charge is 0.383 e. The molecule has 2 N–H and O–H groups in total. The van der Waals surface area contributed by atoms with E-state index in [1.165, 1.54) is 0 Å². The first kappa shape index (κ1) is 14.6. The van der Waals surface area contributed by atoms with Crippen molar-refractivity contribution in [3.8, 4) is 11.3 Å². The molecule has 2 aromatic rings. The second kappa shape index (κ2) is 5.29. The molecule has 0 amide bonds. The summed E-state index contributed by atoms with van der Waals surface area (Å²) in [6.45, 7) is 6.97. The molecule has 1 heterocycles. The molecule has 0 aliphatic rings. The molecule has 0 aliphatic carbocycles. The number of ether oxygens (including phenoxy) is 1. The Balaban J connectivity index is 2.60.